The molecule has 1 N–H and O–H groups in total. The molecule has 1 unspecified atom stereocenters. The SMILES string of the molecule is CNC(c1csc(Br)c1)C(C)C. The van der Waals surface area contributed by atoms with Crippen LogP contribution < -0.4 is 5.32 Å². The van der Waals surface area contributed by atoms with E-state index >= 15 is 0 Å². The van der Waals surface area contributed by atoms with Gasteiger partial charge in [0.25, 0.3) is 0 Å². The van der Waals surface area contributed by atoms with Gasteiger partial charge in [0.05, 0.1) is 3.79 Å². The predicted octanol–water partition coefficient (Wildman–Crippen LogP) is 3.43. The third-order valence-electron chi connectivity index (χ3n) is 1.92. The van der Waals surface area contributed by atoms with Crippen molar-refractivity contribution in [2.45, 2.75) is 19.9 Å². The number of halogens is 1. The van der Waals surface area contributed by atoms with Gasteiger partial charge in [-0.15, -0.1) is 11.3 Å². The minimum Gasteiger partial charge on any atom is -0.313 e. The molecule has 1 aromatic heterocycles. The zero-order valence-corrected chi connectivity index (χ0v) is 10.00. The van der Waals surface area contributed by atoms with E-state index in [2.05, 4.69) is 46.5 Å². The highest BCUT2D eigenvalue weighted by atomic mass is 79.9. The molecule has 0 amide bonds. The molecule has 0 aliphatic heterocycles. The zero-order chi connectivity index (χ0) is 9.14. The lowest BCUT2D eigenvalue weighted by Gasteiger charge is -2.18. The molecule has 0 saturated carbocycles. The lowest BCUT2D eigenvalue weighted by molar-refractivity contribution is 0.444. The average Bonchev–Trinajstić information content (AvgIpc) is 2.37. The normalized spacial score (nSPS) is 13.8. The van der Waals surface area contributed by atoms with E-state index in [0.717, 1.165) is 0 Å². The first-order valence-electron chi connectivity index (χ1n) is 4.06. The summed E-state index contributed by atoms with van der Waals surface area (Å²) in [4.78, 5) is 0. The van der Waals surface area contributed by atoms with E-state index in [1.54, 1.807) is 11.3 Å². The summed E-state index contributed by atoms with van der Waals surface area (Å²) in [5, 5.41) is 5.52. The Balaban J connectivity index is 2.80. The molecule has 0 bridgehead atoms. The van der Waals surface area contributed by atoms with Gasteiger partial charge in [-0.1, -0.05) is 13.8 Å². The number of hydrogen-bond acceptors (Lipinski definition) is 2. The molecule has 68 valence electrons. The number of hydrogen-bond donors (Lipinski definition) is 1. The molecule has 0 fully saturated rings. The summed E-state index contributed by atoms with van der Waals surface area (Å²) in [7, 11) is 2.01. The van der Waals surface area contributed by atoms with Crippen molar-refractivity contribution in [3.8, 4) is 0 Å². The molecule has 1 nitrogen and oxygen atoms in total. The summed E-state index contributed by atoms with van der Waals surface area (Å²) < 4.78 is 1.21. The van der Waals surface area contributed by atoms with Crippen molar-refractivity contribution in [3.63, 3.8) is 0 Å². The van der Waals surface area contributed by atoms with Crippen molar-refractivity contribution < 1.29 is 0 Å². The maximum atomic E-state index is 3.47. The molecule has 0 aromatic carbocycles. The van der Waals surface area contributed by atoms with Gasteiger partial charge in [-0.25, -0.2) is 0 Å². The quantitative estimate of drug-likeness (QED) is 0.864. The van der Waals surface area contributed by atoms with Gasteiger partial charge in [0.15, 0.2) is 0 Å². The Morgan fingerprint density at radius 2 is 2.17 bits per heavy atom. The van der Waals surface area contributed by atoms with Crippen LogP contribution in [-0.4, -0.2) is 7.05 Å². The van der Waals surface area contributed by atoms with Gasteiger partial charge in [-0.3, -0.25) is 0 Å². The van der Waals surface area contributed by atoms with Crippen molar-refractivity contribution in [1.29, 1.82) is 0 Å². The van der Waals surface area contributed by atoms with Gasteiger partial charge >= 0.3 is 0 Å². The minimum atomic E-state index is 0.479. The summed E-state index contributed by atoms with van der Waals surface area (Å²) in [6, 6.07) is 2.67. The monoisotopic (exact) mass is 247 g/mol. The standard InChI is InChI=1S/C9H14BrNS/c1-6(2)9(11-3)7-4-8(10)12-5-7/h4-6,9,11H,1-3H3. The molecule has 0 aliphatic rings. The Morgan fingerprint density at radius 3 is 2.50 bits per heavy atom. The van der Waals surface area contributed by atoms with Crippen LogP contribution >= 0.6 is 27.3 Å². The van der Waals surface area contributed by atoms with Gasteiger partial charge in [-0.05, 0) is 45.9 Å². The first kappa shape index (κ1) is 10.2. The minimum absolute atomic E-state index is 0.479. The Hall–Kier alpha value is 0.140. The molecule has 1 rings (SSSR count). The lowest BCUT2D eigenvalue weighted by Crippen LogP contribution is -2.20. The molecule has 1 atom stereocenters. The third-order valence-corrected chi connectivity index (χ3v) is 3.45. The fourth-order valence-corrected chi connectivity index (χ4v) is 2.58. The van der Waals surface area contributed by atoms with Crippen LogP contribution in [0.5, 0.6) is 0 Å². The fraction of sp³-hybridized carbons (Fsp3) is 0.556. The summed E-state index contributed by atoms with van der Waals surface area (Å²) in [6.45, 7) is 4.46. The molecule has 0 aliphatic carbocycles. The van der Waals surface area contributed by atoms with Gasteiger partial charge in [0, 0.05) is 6.04 Å². The maximum Gasteiger partial charge on any atom is 0.0701 e. The molecule has 1 aromatic rings. The van der Waals surface area contributed by atoms with Crippen molar-refractivity contribution in [3.05, 3.63) is 20.8 Å². The van der Waals surface area contributed by atoms with Crippen LogP contribution in [0.25, 0.3) is 0 Å². The summed E-state index contributed by atoms with van der Waals surface area (Å²) in [5.74, 6) is 0.636. The van der Waals surface area contributed by atoms with Crippen LogP contribution in [0.1, 0.15) is 25.5 Å². The molecular weight excluding hydrogens is 234 g/mol. The van der Waals surface area contributed by atoms with Crippen LogP contribution in [0.4, 0.5) is 0 Å². The van der Waals surface area contributed by atoms with Crippen LogP contribution in [0.3, 0.4) is 0 Å². The number of thiophene rings is 1. The second-order valence-corrected chi connectivity index (χ2v) is 5.48. The summed E-state index contributed by atoms with van der Waals surface area (Å²) >= 11 is 5.21. The van der Waals surface area contributed by atoms with E-state index in [1.165, 1.54) is 9.35 Å². The highest BCUT2D eigenvalue weighted by molar-refractivity contribution is 9.11. The van der Waals surface area contributed by atoms with E-state index in [-0.39, 0.29) is 0 Å². The second kappa shape index (κ2) is 4.40. The van der Waals surface area contributed by atoms with Crippen molar-refractivity contribution >= 4 is 27.3 Å². The molecule has 1 heterocycles. The Kier molecular flexibility index (Phi) is 3.75. The first-order chi connectivity index (χ1) is 5.65. The molecule has 0 radical (unpaired) electrons. The average molecular weight is 248 g/mol. The van der Waals surface area contributed by atoms with Crippen molar-refractivity contribution in [1.82, 2.24) is 5.32 Å². The summed E-state index contributed by atoms with van der Waals surface area (Å²) in [6.07, 6.45) is 0. The van der Waals surface area contributed by atoms with E-state index < -0.39 is 0 Å². The summed E-state index contributed by atoms with van der Waals surface area (Å²) in [5.41, 5.74) is 1.38. The van der Waals surface area contributed by atoms with Gasteiger partial charge in [-0.2, -0.15) is 0 Å². The Morgan fingerprint density at radius 1 is 1.50 bits per heavy atom. The van der Waals surface area contributed by atoms with Crippen LogP contribution in [0.2, 0.25) is 0 Å². The van der Waals surface area contributed by atoms with Crippen molar-refractivity contribution in [2.75, 3.05) is 7.05 Å². The first-order valence-corrected chi connectivity index (χ1v) is 5.73. The Bertz CT molecular complexity index is 244. The number of rotatable bonds is 3. The third kappa shape index (κ3) is 2.31. The highest BCUT2D eigenvalue weighted by Crippen LogP contribution is 2.28. The van der Waals surface area contributed by atoms with Gasteiger partial charge < -0.3 is 5.32 Å². The molecule has 12 heavy (non-hydrogen) atoms. The highest BCUT2D eigenvalue weighted by Gasteiger charge is 2.14. The largest absolute Gasteiger partial charge is 0.313 e. The zero-order valence-electron chi connectivity index (χ0n) is 7.60. The molecule has 0 spiro atoms. The molecular formula is C9H14BrNS. The van der Waals surface area contributed by atoms with Crippen LogP contribution in [0, 0.1) is 5.92 Å². The van der Waals surface area contributed by atoms with Gasteiger partial charge in [0.1, 0.15) is 0 Å². The van der Waals surface area contributed by atoms with Gasteiger partial charge in [0.2, 0.25) is 0 Å². The Labute approximate surface area is 86.3 Å². The van der Waals surface area contributed by atoms with E-state index in [9.17, 15) is 0 Å². The topological polar surface area (TPSA) is 12.0 Å². The smallest absolute Gasteiger partial charge is 0.0701 e. The fourth-order valence-electron chi connectivity index (χ4n) is 1.37. The maximum absolute atomic E-state index is 3.47. The van der Waals surface area contributed by atoms with Crippen molar-refractivity contribution in [2.24, 2.45) is 5.92 Å². The van der Waals surface area contributed by atoms with E-state index in [4.69, 9.17) is 0 Å². The number of nitrogens with one attached hydrogen (secondary N) is 1. The van der Waals surface area contributed by atoms with Crippen LogP contribution in [0.15, 0.2) is 15.2 Å². The molecule has 3 heteroatoms. The van der Waals surface area contributed by atoms with E-state index in [1.807, 2.05) is 7.05 Å². The van der Waals surface area contributed by atoms with Crippen LogP contribution in [-0.2, 0) is 0 Å². The predicted molar refractivity (Wildman–Crippen MR) is 58.7 cm³/mol. The van der Waals surface area contributed by atoms with E-state index in [0.29, 0.717) is 12.0 Å². The molecule has 0 saturated heterocycles. The lowest BCUT2D eigenvalue weighted by atomic mass is 9.99. The second-order valence-electron chi connectivity index (χ2n) is 3.19.